The van der Waals surface area contributed by atoms with Crippen molar-refractivity contribution in [1.29, 1.82) is 0 Å². The summed E-state index contributed by atoms with van der Waals surface area (Å²) < 4.78 is 5.44. The maximum Gasteiger partial charge on any atom is 0.134 e. The normalized spacial score (nSPS) is 12.1. The Bertz CT molecular complexity index is 835. The topological polar surface area (TPSA) is 51.0 Å². The highest BCUT2D eigenvalue weighted by atomic mass is 16.5. The van der Waals surface area contributed by atoms with Crippen LogP contribution in [0.15, 0.2) is 52.4 Å². The molecular formula is C17H14N2O2. The van der Waals surface area contributed by atoms with Gasteiger partial charge in [-0.1, -0.05) is 30.3 Å². The van der Waals surface area contributed by atoms with Gasteiger partial charge in [-0.25, -0.2) is 14.8 Å². The summed E-state index contributed by atoms with van der Waals surface area (Å²) in [5.41, 5.74) is 1.81. The average molecular weight is 278 g/mol. The fourth-order valence-corrected chi connectivity index (χ4v) is 2.27. The fourth-order valence-electron chi connectivity index (χ4n) is 2.27. The molecule has 0 bridgehead atoms. The van der Waals surface area contributed by atoms with Crippen LogP contribution in [-0.4, -0.2) is 18.4 Å². The summed E-state index contributed by atoms with van der Waals surface area (Å²) in [5.74, 6) is 3.23. The average Bonchev–Trinajstić information content (AvgIpc) is 2.90. The SMILES string of the molecule is CCOc1cc2c(c(=C=O)c1)=NC(Cc1ccccc1)=N2. The van der Waals surface area contributed by atoms with Gasteiger partial charge in [0.2, 0.25) is 0 Å². The van der Waals surface area contributed by atoms with Crippen molar-refractivity contribution < 1.29 is 9.53 Å². The van der Waals surface area contributed by atoms with Gasteiger partial charge in [0.1, 0.15) is 22.9 Å². The maximum atomic E-state index is 11.1. The summed E-state index contributed by atoms with van der Waals surface area (Å²) in [6.07, 6.45) is 0.637. The van der Waals surface area contributed by atoms with E-state index in [0.717, 1.165) is 5.56 Å². The number of aliphatic imine (C=N–C) groups is 1. The number of hydrogen-bond donors (Lipinski definition) is 0. The Labute approximate surface area is 122 Å². The number of benzene rings is 2. The highest BCUT2D eigenvalue weighted by Gasteiger charge is 2.12. The van der Waals surface area contributed by atoms with Crippen LogP contribution in [0.3, 0.4) is 0 Å². The monoisotopic (exact) mass is 278 g/mol. The molecule has 2 aromatic carbocycles. The Kier molecular flexibility index (Phi) is 3.63. The number of carbonyl (C=O) groups excluding carboxylic acids is 1. The first kappa shape index (κ1) is 13.3. The smallest absolute Gasteiger partial charge is 0.134 e. The van der Waals surface area contributed by atoms with Crippen molar-refractivity contribution in [3.05, 3.63) is 58.6 Å². The summed E-state index contributed by atoms with van der Waals surface area (Å²) >= 11 is 0. The third-order valence-electron chi connectivity index (χ3n) is 3.18. The maximum absolute atomic E-state index is 11.1. The van der Waals surface area contributed by atoms with E-state index >= 15 is 0 Å². The predicted molar refractivity (Wildman–Crippen MR) is 80.4 cm³/mol. The predicted octanol–water partition coefficient (Wildman–Crippen LogP) is 1.49. The van der Waals surface area contributed by atoms with Crippen LogP contribution in [0.25, 0.3) is 0 Å². The Hall–Kier alpha value is -2.71. The fraction of sp³-hybridized carbons (Fsp3) is 0.176. The molecule has 0 atom stereocenters. The molecule has 2 aromatic rings. The molecule has 0 amide bonds. The van der Waals surface area contributed by atoms with Gasteiger partial charge in [-0.05, 0) is 12.5 Å². The van der Waals surface area contributed by atoms with Gasteiger partial charge >= 0.3 is 0 Å². The van der Waals surface area contributed by atoms with E-state index in [2.05, 4.69) is 9.98 Å². The van der Waals surface area contributed by atoms with Crippen LogP contribution < -0.4 is 15.3 Å². The van der Waals surface area contributed by atoms with Gasteiger partial charge in [0.15, 0.2) is 0 Å². The summed E-state index contributed by atoms with van der Waals surface area (Å²) in [4.78, 5) is 20.0. The minimum atomic E-state index is 0.391. The molecule has 1 aliphatic heterocycles. The lowest BCUT2D eigenvalue weighted by Crippen LogP contribution is -2.25. The number of amidine groups is 1. The zero-order valence-electron chi connectivity index (χ0n) is 11.7. The molecule has 0 N–H and O–H groups in total. The molecule has 4 nitrogen and oxygen atoms in total. The summed E-state index contributed by atoms with van der Waals surface area (Å²) in [6.45, 7) is 2.43. The Morgan fingerprint density at radius 2 is 1.95 bits per heavy atom. The van der Waals surface area contributed by atoms with Crippen molar-refractivity contribution in [1.82, 2.24) is 0 Å². The van der Waals surface area contributed by atoms with Gasteiger partial charge in [-0.15, -0.1) is 0 Å². The molecule has 1 heterocycles. The molecule has 1 aliphatic rings. The van der Waals surface area contributed by atoms with Crippen LogP contribution in [0.4, 0.5) is 5.69 Å². The van der Waals surface area contributed by atoms with E-state index < -0.39 is 0 Å². The molecule has 0 unspecified atom stereocenters. The van der Waals surface area contributed by atoms with E-state index in [9.17, 15) is 4.79 Å². The lowest BCUT2D eigenvalue weighted by Gasteiger charge is -2.01. The van der Waals surface area contributed by atoms with Crippen molar-refractivity contribution in [2.75, 3.05) is 6.61 Å². The largest absolute Gasteiger partial charge is 0.494 e. The Balaban J connectivity index is 2.00. The van der Waals surface area contributed by atoms with Crippen molar-refractivity contribution in [2.45, 2.75) is 13.3 Å². The van der Waals surface area contributed by atoms with Gasteiger partial charge in [0.05, 0.1) is 17.5 Å². The zero-order valence-corrected chi connectivity index (χ0v) is 11.7. The molecular weight excluding hydrogens is 264 g/mol. The first-order valence-electron chi connectivity index (χ1n) is 6.82. The van der Waals surface area contributed by atoms with E-state index in [1.807, 2.05) is 43.2 Å². The van der Waals surface area contributed by atoms with Crippen molar-refractivity contribution >= 4 is 17.5 Å². The molecule has 21 heavy (non-hydrogen) atoms. The number of rotatable bonds is 4. The first-order valence-corrected chi connectivity index (χ1v) is 6.82. The van der Waals surface area contributed by atoms with Gasteiger partial charge < -0.3 is 4.74 Å². The first-order chi connectivity index (χ1) is 10.3. The van der Waals surface area contributed by atoms with Crippen LogP contribution in [0, 0.1) is 0 Å². The molecule has 0 aliphatic carbocycles. The van der Waals surface area contributed by atoms with Crippen molar-refractivity contribution in [2.24, 2.45) is 9.98 Å². The molecule has 0 fully saturated rings. The van der Waals surface area contributed by atoms with E-state index in [0.29, 0.717) is 40.9 Å². The highest BCUT2D eigenvalue weighted by molar-refractivity contribution is 5.90. The van der Waals surface area contributed by atoms with Crippen LogP contribution in [-0.2, 0) is 11.2 Å². The number of hydrogen-bond acceptors (Lipinski definition) is 4. The standard InChI is InChI=1S/C17H14N2O2/c1-2-21-14-9-13(11-20)17-15(10-14)18-16(19-17)8-12-6-4-3-5-7-12/h3-7,9-10H,2,8H2,1H3. The van der Waals surface area contributed by atoms with Gasteiger partial charge in [0, 0.05) is 18.6 Å². The van der Waals surface area contributed by atoms with E-state index in [1.165, 1.54) is 0 Å². The Morgan fingerprint density at radius 1 is 1.14 bits per heavy atom. The lowest BCUT2D eigenvalue weighted by atomic mass is 10.1. The van der Waals surface area contributed by atoms with E-state index in [1.54, 1.807) is 12.1 Å². The van der Waals surface area contributed by atoms with E-state index in [4.69, 9.17) is 4.74 Å². The Morgan fingerprint density at radius 3 is 2.67 bits per heavy atom. The summed E-state index contributed by atoms with van der Waals surface area (Å²) in [6, 6.07) is 13.4. The van der Waals surface area contributed by atoms with Gasteiger partial charge in [0.25, 0.3) is 0 Å². The van der Waals surface area contributed by atoms with Crippen molar-refractivity contribution in [3.8, 4) is 5.75 Å². The molecule has 0 radical (unpaired) electrons. The molecule has 104 valence electrons. The zero-order chi connectivity index (χ0) is 14.7. The minimum absolute atomic E-state index is 0.391. The highest BCUT2D eigenvalue weighted by Crippen LogP contribution is 2.18. The third-order valence-corrected chi connectivity index (χ3v) is 3.18. The third kappa shape index (κ3) is 2.76. The summed E-state index contributed by atoms with van der Waals surface area (Å²) in [5, 5.41) is 0.974. The van der Waals surface area contributed by atoms with Crippen LogP contribution in [0.5, 0.6) is 5.75 Å². The van der Waals surface area contributed by atoms with Crippen LogP contribution in [0.2, 0.25) is 0 Å². The summed E-state index contributed by atoms with van der Waals surface area (Å²) in [7, 11) is 0. The molecule has 0 saturated carbocycles. The minimum Gasteiger partial charge on any atom is -0.494 e. The van der Waals surface area contributed by atoms with Crippen molar-refractivity contribution in [3.63, 3.8) is 0 Å². The lowest BCUT2D eigenvalue weighted by molar-refractivity contribution is 0.340. The molecule has 0 saturated heterocycles. The number of ether oxygens (including phenoxy) is 1. The number of fused-ring (bicyclic) bond motifs is 1. The molecule has 0 spiro atoms. The van der Waals surface area contributed by atoms with Gasteiger partial charge in [-0.3, -0.25) is 0 Å². The molecule has 0 aromatic heterocycles. The second-order valence-electron chi connectivity index (χ2n) is 4.68. The number of nitrogens with zero attached hydrogens (tertiary/aromatic N) is 2. The second-order valence-corrected chi connectivity index (χ2v) is 4.68. The second kappa shape index (κ2) is 5.73. The molecule has 4 heteroatoms. The van der Waals surface area contributed by atoms with Gasteiger partial charge in [-0.2, -0.15) is 0 Å². The quantitative estimate of drug-likeness (QED) is 0.851. The van der Waals surface area contributed by atoms with Crippen LogP contribution >= 0.6 is 0 Å². The van der Waals surface area contributed by atoms with E-state index in [-0.39, 0.29) is 0 Å². The van der Waals surface area contributed by atoms with Crippen LogP contribution in [0.1, 0.15) is 12.5 Å². The molecule has 3 rings (SSSR count).